The third kappa shape index (κ3) is 4.71. The molecule has 2 aromatic rings. The first-order valence-corrected chi connectivity index (χ1v) is 9.29. The second-order valence-corrected chi connectivity index (χ2v) is 6.68. The number of anilines is 1. The summed E-state index contributed by atoms with van der Waals surface area (Å²) in [5.74, 6) is 0.601. The molecule has 8 heteroatoms. The van der Waals surface area contributed by atoms with Crippen molar-refractivity contribution in [1.29, 1.82) is 0 Å². The van der Waals surface area contributed by atoms with Gasteiger partial charge in [-0.25, -0.2) is 4.39 Å². The van der Waals surface area contributed by atoms with Gasteiger partial charge in [-0.1, -0.05) is 0 Å². The number of amides is 2. The van der Waals surface area contributed by atoms with E-state index in [9.17, 15) is 14.0 Å². The van der Waals surface area contributed by atoms with Crippen LogP contribution in [-0.4, -0.2) is 45.7 Å². The number of halogens is 1. The highest BCUT2D eigenvalue weighted by atomic mass is 19.1. The van der Waals surface area contributed by atoms with Gasteiger partial charge in [-0.05, 0) is 48.0 Å². The Bertz CT molecular complexity index is 933. The van der Waals surface area contributed by atoms with Crippen LogP contribution in [0.25, 0.3) is 6.08 Å². The summed E-state index contributed by atoms with van der Waals surface area (Å²) in [5, 5.41) is 2.82. The van der Waals surface area contributed by atoms with Gasteiger partial charge in [-0.3, -0.25) is 9.59 Å². The summed E-state index contributed by atoms with van der Waals surface area (Å²) in [4.78, 5) is 26.1. The van der Waals surface area contributed by atoms with E-state index in [0.29, 0.717) is 35.0 Å². The van der Waals surface area contributed by atoms with Gasteiger partial charge in [0.2, 0.25) is 17.6 Å². The number of hydrogen-bond acceptors (Lipinski definition) is 5. The molecule has 1 heterocycles. The van der Waals surface area contributed by atoms with Gasteiger partial charge in [0.25, 0.3) is 0 Å². The van der Waals surface area contributed by atoms with E-state index in [1.165, 1.54) is 44.4 Å². The molecule has 1 aliphatic rings. The summed E-state index contributed by atoms with van der Waals surface area (Å²) >= 11 is 0. The van der Waals surface area contributed by atoms with Crippen LogP contribution in [-0.2, 0) is 9.59 Å². The van der Waals surface area contributed by atoms with Crippen molar-refractivity contribution >= 4 is 23.6 Å². The van der Waals surface area contributed by atoms with Crippen LogP contribution in [0, 0.1) is 5.82 Å². The topological polar surface area (TPSA) is 77.1 Å². The maximum absolute atomic E-state index is 13.1. The summed E-state index contributed by atoms with van der Waals surface area (Å²) in [6.07, 6.45) is 3.18. The minimum atomic E-state index is -0.368. The van der Waals surface area contributed by atoms with E-state index in [-0.39, 0.29) is 30.1 Å². The van der Waals surface area contributed by atoms with E-state index >= 15 is 0 Å². The van der Waals surface area contributed by atoms with E-state index in [1.54, 1.807) is 30.3 Å². The Hall–Kier alpha value is -3.55. The van der Waals surface area contributed by atoms with E-state index in [4.69, 9.17) is 14.2 Å². The number of nitrogens with zero attached hydrogens (tertiary/aromatic N) is 1. The predicted octanol–water partition coefficient (Wildman–Crippen LogP) is 2.79. The summed E-state index contributed by atoms with van der Waals surface area (Å²) in [6, 6.07) is 8.80. The summed E-state index contributed by atoms with van der Waals surface area (Å²) in [5.41, 5.74) is 1.29. The van der Waals surface area contributed by atoms with Gasteiger partial charge in [-0.15, -0.1) is 0 Å². The fourth-order valence-corrected chi connectivity index (χ4v) is 3.29. The lowest BCUT2D eigenvalue weighted by molar-refractivity contribution is -0.117. The third-order valence-electron chi connectivity index (χ3n) is 4.72. The first-order chi connectivity index (χ1) is 14.4. The minimum absolute atomic E-state index is 0.125. The molecule has 158 valence electrons. The van der Waals surface area contributed by atoms with Crippen molar-refractivity contribution < 1.29 is 28.2 Å². The number of hydrogen-bond donors (Lipinski definition) is 1. The molecule has 1 N–H and O–H groups in total. The highest BCUT2D eigenvalue weighted by Gasteiger charge is 2.31. The number of carbonyl (C=O) groups excluding carboxylic acids is 2. The molecule has 0 radical (unpaired) electrons. The molecule has 7 nitrogen and oxygen atoms in total. The average molecular weight is 414 g/mol. The quantitative estimate of drug-likeness (QED) is 0.705. The van der Waals surface area contributed by atoms with Crippen LogP contribution in [0.1, 0.15) is 12.0 Å². The van der Waals surface area contributed by atoms with E-state index in [2.05, 4.69) is 5.32 Å². The molecule has 3 rings (SSSR count). The van der Waals surface area contributed by atoms with Gasteiger partial charge < -0.3 is 24.4 Å². The zero-order valence-electron chi connectivity index (χ0n) is 17.0. The summed E-state index contributed by atoms with van der Waals surface area (Å²) in [7, 11) is 4.55. The van der Waals surface area contributed by atoms with Crippen molar-refractivity contribution in [3.8, 4) is 17.2 Å². The molecule has 1 fully saturated rings. The molecule has 0 bridgehead atoms. The molecule has 0 unspecified atom stereocenters. The molecule has 30 heavy (non-hydrogen) atoms. The number of methoxy groups -OCH3 is 3. The lowest BCUT2D eigenvalue weighted by atomic mass is 10.1. The van der Waals surface area contributed by atoms with Gasteiger partial charge in [0.1, 0.15) is 5.82 Å². The van der Waals surface area contributed by atoms with Gasteiger partial charge in [0, 0.05) is 24.7 Å². The largest absolute Gasteiger partial charge is 0.493 e. The third-order valence-corrected chi connectivity index (χ3v) is 4.72. The number of ether oxygens (including phenoxy) is 3. The Morgan fingerprint density at radius 2 is 1.73 bits per heavy atom. The zero-order chi connectivity index (χ0) is 21.7. The highest BCUT2D eigenvalue weighted by molar-refractivity contribution is 5.98. The molecule has 0 spiro atoms. The Morgan fingerprint density at radius 3 is 2.30 bits per heavy atom. The Balaban J connectivity index is 1.65. The van der Waals surface area contributed by atoms with Gasteiger partial charge >= 0.3 is 0 Å². The summed E-state index contributed by atoms with van der Waals surface area (Å²) in [6.45, 7) is 0.328. The summed E-state index contributed by atoms with van der Waals surface area (Å²) < 4.78 is 29.0. The van der Waals surface area contributed by atoms with Crippen molar-refractivity contribution in [2.24, 2.45) is 0 Å². The van der Waals surface area contributed by atoms with Crippen LogP contribution in [0.5, 0.6) is 17.2 Å². The molecule has 1 saturated heterocycles. The SMILES string of the molecule is COc1cc(/C=C/C(=O)N[C@H]2CC(=O)N(c3ccc(F)cc3)C2)cc(OC)c1OC. The normalized spacial score (nSPS) is 16.1. The first kappa shape index (κ1) is 21.2. The van der Waals surface area contributed by atoms with Crippen molar-refractivity contribution in [1.82, 2.24) is 5.32 Å². The smallest absolute Gasteiger partial charge is 0.244 e. The van der Waals surface area contributed by atoms with Crippen LogP contribution >= 0.6 is 0 Å². The molecule has 1 aliphatic heterocycles. The molecule has 2 amide bonds. The number of rotatable bonds is 7. The molecule has 0 aliphatic carbocycles. The van der Waals surface area contributed by atoms with E-state index in [0.717, 1.165) is 0 Å². The fourth-order valence-electron chi connectivity index (χ4n) is 3.29. The van der Waals surface area contributed by atoms with Crippen LogP contribution in [0.15, 0.2) is 42.5 Å². The van der Waals surface area contributed by atoms with Crippen LogP contribution in [0.3, 0.4) is 0 Å². The monoisotopic (exact) mass is 414 g/mol. The highest BCUT2D eigenvalue weighted by Crippen LogP contribution is 2.38. The van der Waals surface area contributed by atoms with Crippen molar-refractivity contribution in [2.75, 3.05) is 32.8 Å². The molecule has 1 atom stereocenters. The van der Waals surface area contributed by atoms with E-state index < -0.39 is 0 Å². The van der Waals surface area contributed by atoms with Crippen molar-refractivity contribution in [3.63, 3.8) is 0 Å². The molecule has 0 saturated carbocycles. The molecular weight excluding hydrogens is 391 g/mol. The zero-order valence-corrected chi connectivity index (χ0v) is 17.0. The van der Waals surface area contributed by atoms with Crippen LogP contribution < -0.4 is 24.4 Å². The Morgan fingerprint density at radius 1 is 1.10 bits per heavy atom. The molecule has 2 aromatic carbocycles. The fraction of sp³-hybridized carbons (Fsp3) is 0.273. The maximum Gasteiger partial charge on any atom is 0.244 e. The van der Waals surface area contributed by atoms with Crippen LogP contribution in [0.2, 0.25) is 0 Å². The molecule has 0 aromatic heterocycles. The van der Waals surface area contributed by atoms with Gasteiger partial charge in [-0.2, -0.15) is 0 Å². The van der Waals surface area contributed by atoms with Crippen LogP contribution in [0.4, 0.5) is 10.1 Å². The maximum atomic E-state index is 13.1. The van der Waals surface area contributed by atoms with Gasteiger partial charge in [0.15, 0.2) is 11.5 Å². The average Bonchev–Trinajstić information content (AvgIpc) is 3.11. The Labute approximate surface area is 174 Å². The van der Waals surface area contributed by atoms with E-state index in [1.807, 2.05) is 0 Å². The number of nitrogens with one attached hydrogen (secondary N) is 1. The lowest BCUT2D eigenvalue weighted by Crippen LogP contribution is -2.36. The number of benzene rings is 2. The lowest BCUT2D eigenvalue weighted by Gasteiger charge is -2.17. The van der Waals surface area contributed by atoms with Crippen molar-refractivity contribution in [2.45, 2.75) is 12.5 Å². The first-order valence-electron chi connectivity index (χ1n) is 9.29. The second kappa shape index (κ2) is 9.30. The minimum Gasteiger partial charge on any atom is -0.493 e. The van der Waals surface area contributed by atoms with Crippen molar-refractivity contribution in [3.05, 3.63) is 53.9 Å². The standard InChI is InChI=1S/C22H23FN2O5/c1-28-18-10-14(11-19(29-2)22(18)30-3)4-9-20(26)24-16-12-21(27)25(13-16)17-7-5-15(23)6-8-17/h4-11,16H,12-13H2,1-3H3,(H,24,26)/b9-4+/t16-/m0/s1. The second-order valence-electron chi connectivity index (χ2n) is 6.68. The predicted molar refractivity (Wildman–Crippen MR) is 110 cm³/mol. The number of carbonyl (C=O) groups is 2. The van der Waals surface area contributed by atoms with Gasteiger partial charge in [0.05, 0.1) is 27.4 Å². The molecular formula is C22H23FN2O5. The Kier molecular flexibility index (Phi) is 6.56.